The van der Waals surface area contributed by atoms with Gasteiger partial charge in [-0.25, -0.2) is 4.99 Å². The monoisotopic (exact) mass is 200 g/mol. The zero-order valence-electron chi connectivity index (χ0n) is 6.37. The molecule has 0 atom stereocenters. The van der Waals surface area contributed by atoms with Gasteiger partial charge in [0.05, 0.1) is 11.6 Å². The van der Waals surface area contributed by atoms with Crippen LogP contribution in [0.15, 0.2) is 34.2 Å². The van der Waals surface area contributed by atoms with Crippen molar-refractivity contribution in [1.82, 2.24) is 0 Å². The van der Waals surface area contributed by atoms with E-state index >= 15 is 0 Å². The quantitative estimate of drug-likeness (QED) is 0.327. The topological polar surface area (TPSA) is 38.4 Å². The summed E-state index contributed by atoms with van der Waals surface area (Å²) < 4.78 is 0. The van der Waals surface area contributed by atoms with Crippen molar-refractivity contribution in [2.24, 2.45) is 10.7 Å². The molecule has 1 rings (SSSR count). The minimum atomic E-state index is 0.238. The van der Waals surface area contributed by atoms with Crippen molar-refractivity contribution >= 4 is 35.8 Å². The highest BCUT2D eigenvalue weighted by Crippen LogP contribution is 2.21. The zero-order chi connectivity index (χ0) is 8.97. The van der Waals surface area contributed by atoms with Crippen LogP contribution in [0.4, 0.5) is 5.69 Å². The fourth-order valence-electron chi connectivity index (χ4n) is 0.743. The molecule has 0 aliphatic carbocycles. The Balaban J connectivity index is 2.96. The summed E-state index contributed by atoms with van der Waals surface area (Å²) in [6.45, 7) is 0. The molecule has 0 fully saturated rings. The zero-order valence-corrected chi connectivity index (χ0v) is 8.02. The van der Waals surface area contributed by atoms with Crippen LogP contribution in [-0.4, -0.2) is 11.7 Å². The average molecular weight is 201 g/mol. The second-order valence-corrected chi connectivity index (χ2v) is 2.97. The molecule has 0 unspecified atom stereocenters. The Kier molecular flexibility index (Phi) is 3.44. The van der Waals surface area contributed by atoms with E-state index in [1.807, 2.05) is 24.3 Å². The van der Waals surface area contributed by atoms with Gasteiger partial charge >= 0.3 is 0 Å². The molecule has 64 valence electrons. The molecule has 1 aromatic carbocycles. The summed E-state index contributed by atoms with van der Waals surface area (Å²) in [4.78, 5) is 4.86. The van der Waals surface area contributed by atoms with E-state index < -0.39 is 0 Å². The summed E-state index contributed by atoms with van der Waals surface area (Å²) in [7, 11) is 0. The van der Waals surface area contributed by atoms with Gasteiger partial charge in [0.2, 0.25) is 0 Å². The lowest BCUT2D eigenvalue weighted by atomic mass is 10.3. The molecule has 1 aromatic rings. The lowest BCUT2D eigenvalue weighted by Gasteiger charge is -1.98. The Hall–Kier alpha value is -0.670. The number of nitrogens with two attached hydrogens (primary N) is 1. The molecule has 0 spiro atoms. The number of rotatable bonds is 2. The number of nitrogens with zero attached hydrogens (tertiary/aromatic N) is 1. The van der Waals surface area contributed by atoms with Gasteiger partial charge in [-0.15, -0.1) is 24.2 Å². The van der Waals surface area contributed by atoms with Crippen molar-refractivity contribution in [3.8, 4) is 0 Å². The highest BCUT2D eigenvalue weighted by Gasteiger charge is 1.95. The summed E-state index contributed by atoms with van der Waals surface area (Å²) >= 11 is 9.68. The number of aliphatic imine (C=N–C) groups is 1. The first-order chi connectivity index (χ1) is 5.74. The van der Waals surface area contributed by atoms with Crippen molar-refractivity contribution in [2.45, 2.75) is 4.90 Å². The third-order valence-corrected chi connectivity index (χ3v) is 1.93. The smallest absolute Gasteiger partial charge is 0.115 e. The third-order valence-electron chi connectivity index (χ3n) is 1.28. The highest BCUT2D eigenvalue weighted by atomic mass is 35.5. The summed E-state index contributed by atoms with van der Waals surface area (Å²) in [5, 5.41) is 0. The van der Waals surface area contributed by atoms with E-state index in [4.69, 9.17) is 17.3 Å². The maximum Gasteiger partial charge on any atom is 0.115 e. The number of benzene rings is 1. The van der Waals surface area contributed by atoms with E-state index in [-0.39, 0.29) is 5.88 Å². The van der Waals surface area contributed by atoms with Crippen molar-refractivity contribution in [3.05, 3.63) is 24.3 Å². The molecule has 0 amide bonds. The first kappa shape index (κ1) is 9.42. The minimum absolute atomic E-state index is 0.238. The lowest BCUT2D eigenvalue weighted by molar-refractivity contribution is 1.36. The molecular weight excluding hydrogens is 192 g/mol. The molecule has 4 heteroatoms. The van der Waals surface area contributed by atoms with Gasteiger partial charge in [0.15, 0.2) is 0 Å². The lowest BCUT2D eigenvalue weighted by Crippen LogP contribution is -2.12. The Morgan fingerprint density at radius 2 is 2.17 bits per heavy atom. The van der Waals surface area contributed by atoms with Gasteiger partial charge in [-0.3, -0.25) is 0 Å². The van der Waals surface area contributed by atoms with E-state index in [1.165, 1.54) is 0 Å². The predicted molar refractivity (Wildman–Crippen MR) is 55.7 cm³/mol. The van der Waals surface area contributed by atoms with Gasteiger partial charge in [-0.2, -0.15) is 0 Å². The Morgan fingerprint density at radius 3 is 2.75 bits per heavy atom. The largest absolute Gasteiger partial charge is 0.386 e. The molecular formula is C8H9ClN2S. The molecule has 0 aromatic heterocycles. The number of amidine groups is 1. The molecule has 0 bridgehead atoms. The Bertz CT molecular complexity index is 299. The van der Waals surface area contributed by atoms with Gasteiger partial charge < -0.3 is 5.73 Å². The van der Waals surface area contributed by atoms with E-state index in [0.29, 0.717) is 5.84 Å². The van der Waals surface area contributed by atoms with Crippen LogP contribution in [0, 0.1) is 0 Å². The van der Waals surface area contributed by atoms with E-state index in [0.717, 1.165) is 10.6 Å². The molecule has 0 saturated carbocycles. The number of hydrogen-bond donors (Lipinski definition) is 2. The summed E-state index contributed by atoms with van der Waals surface area (Å²) in [6, 6.07) is 7.45. The second kappa shape index (κ2) is 4.38. The van der Waals surface area contributed by atoms with Crippen LogP contribution in [0.1, 0.15) is 0 Å². The first-order valence-electron chi connectivity index (χ1n) is 3.41. The van der Waals surface area contributed by atoms with Crippen molar-refractivity contribution < 1.29 is 0 Å². The van der Waals surface area contributed by atoms with Gasteiger partial charge in [-0.1, -0.05) is 12.1 Å². The van der Waals surface area contributed by atoms with Crippen LogP contribution in [-0.2, 0) is 0 Å². The van der Waals surface area contributed by atoms with Crippen LogP contribution in [0.2, 0.25) is 0 Å². The van der Waals surface area contributed by atoms with E-state index in [9.17, 15) is 0 Å². The number of alkyl halides is 1. The molecule has 0 aliphatic rings. The summed E-state index contributed by atoms with van der Waals surface area (Å²) in [6.07, 6.45) is 0. The maximum absolute atomic E-state index is 5.47. The van der Waals surface area contributed by atoms with Gasteiger partial charge in [0.25, 0.3) is 0 Å². The Labute approximate surface area is 81.9 Å². The van der Waals surface area contributed by atoms with E-state index in [1.54, 1.807) is 0 Å². The SMILES string of the molecule is NC(CCl)=Nc1ccccc1S. The van der Waals surface area contributed by atoms with Crippen LogP contribution in [0.5, 0.6) is 0 Å². The predicted octanol–water partition coefficient (Wildman–Crippen LogP) is 2.20. The third kappa shape index (κ3) is 2.43. The van der Waals surface area contributed by atoms with Gasteiger partial charge in [0.1, 0.15) is 5.84 Å². The van der Waals surface area contributed by atoms with Crippen LogP contribution >= 0.6 is 24.2 Å². The molecule has 2 nitrogen and oxygen atoms in total. The van der Waals surface area contributed by atoms with Gasteiger partial charge in [-0.05, 0) is 12.1 Å². The Morgan fingerprint density at radius 1 is 1.50 bits per heavy atom. The summed E-state index contributed by atoms with van der Waals surface area (Å²) in [5.41, 5.74) is 6.21. The number of halogens is 1. The summed E-state index contributed by atoms with van der Waals surface area (Å²) in [5.74, 6) is 0.639. The average Bonchev–Trinajstić information content (AvgIpc) is 2.09. The fraction of sp³-hybridized carbons (Fsp3) is 0.125. The molecule has 0 aliphatic heterocycles. The molecule has 0 heterocycles. The number of thiol groups is 1. The van der Waals surface area contributed by atoms with Crippen LogP contribution in [0.3, 0.4) is 0 Å². The number of hydrogen-bond acceptors (Lipinski definition) is 2. The molecule has 0 radical (unpaired) electrons. The highest BCUT2D eigenvalue weighted by molar-refractivity contribution is 7.80. The van der Waals surface area contributed by atoms with Crippen LogP contribution < -0.4 is 5.73 Å². The second-order valence-electron chi connectivity index (χ2n) is 2.23. The van der Waals surface area contributed by atoms with Gasteiger partial charge in [0, 0.05) is 4.90 Å². The van der Waals surface area contributed by atoms with Crippen molar-refractivity contribution in [1.29, 1.82) is 0 Å². The molecule has 0 saturated heterocycles. The molecule has 12 heavy (non-hydrogen) atoms. The van der Waals surface area contributed by atoms with Crippen molar-refractivity contribution in [3.63, 3.8) is 0 Å². The maximum atomic E-state index is 5.47. The van der Waals surface area contributed by atoms with Crippen LogP contribution in [0.25, 0.3) is 0 Å². The van der Waals surface area contributed by atoms with Crippen molar-refractivity contribution in [2.75, 3.05) is 5.88 Å². The first-order valence-corrected chi connectivity index (χ1v) is 4.39. The fourth-order valence-corrected chi connectivity index (χ4v) is 1.01. The molecule has 2 N–H and O–H groups in total. The minimum Gasteiger partial charge on any atom is -0.386 e. The van der Waals surface area contributed by atoms with E-state index in [2.05, 4.69) is 17.6 Å². The normalized spacial score (nSPS) is 11.7. The number of para-hydroxylation sites is 1. The standard InChI is InChI=1S/C8H9ClN2S/c9-5-8(10)11-6-3-1-2-4-7(6)12/h1-4,12H,5H2,(H2,10,11).